The van der Waals surface area contributed by atoms with E-state index >= 15 is 0 Å². The molecule has 1 amide bonds. The lowest BCUT2D eigenvalue weighted by molar-refractivity contribution is -0.324. The van der Waals surface area contributed by atoms with Gasteiger partial charge in [-0.2, -0.15) is 8.42 Å². The number of aliphatic hydroxyl groups excluding tert-OH is 2. The van der Waals surface area contributed by atoms with Crippen LogP contribution in [0.4, 0.5) is 0 Å². The average Bonchev–Trinajstić information content (AvgIpc) is 2.29. The SMILES string of the molecule is CO[C@]1(CS(=O)(=O)O)O[C@@H](C)[C@H](NC(C)=O)[C@@H](O)[C@@H]1O. The van der Waals surface area contributed by atoms with Crippen molar-refractivity contribution < 1.29 is 37.5 Å². The average molecular weight is 313 g/mol. The Kier molecular flexibility index (Phi) is 5.11. The first-order chi connectivity index (χ1) is 9.02. The first-order valence-electron chi connectivity index (χ1n) is 5.84. The molecule has 118 valence electrons. The van der Waals surface area contributed by atoms with Gasteiger partial charge in [0.15, 0.2) is 0 Å². The summed E-state index contributed by atoms with van der Waals surface area (Å²) in [6, 6.07) is -0.938. The Morgan fingerprint density at radius 3 is 2.40 bits per heavy atom. The minimum Gasteiger partial charge on any atom is -0.388 e. The maximum Gasteiger partial charge on any atom is 0.270 e. The van der Waals surface area contributed by atoms with Gasteiger partial charge in [-0.1, -0.05) is 0 Å². The summed E-state index contributed by atoms with van der Waals surface area (Å²) in [5, 5.41) is 22.4. The highest BCUT2D eigenvalue weighted by Crippen LogP contribution is 2.32. The fourth-order valence-corrected chi connectivity index (χ4v) is 3.10. The van der Waals surface area contributed by atoms with Crippen LogP contribution in [-0.4, -0.2) is 72.1 Å². The highest BCUT2D eigenvalue weighted by atomic mass is 32.2. The number of aliphatic hydroxyl groups is 2. The van der Waals surface area contributed by atoms with Crippen LogP contribution >= 0.6 is 0 Å². The zero-order valence-corrected chi connectivity index (χ0v) is 12.1. The number of amides is 1. The molecule has 10 heteroatoms. The van der Waals surface area contributed by atoms with Crippen molar-refractivity contribution in [2.24, 2.45) is 0 Å². The van der Waals surface area contributed by atoms with E-state index < -0.39 is 51.9 Å². The van der Waals surface area contributed by atoms with Gasteiger partial charge in [0.25, 0.3) is 10.1 Å². The zero-order chi connectivity index (χ0) is 15.7. The van der Waals surface area contributed by atoms with Crippen LogP contribution in [0.2, 0.25) is 0 Å². The normalized spacial score (nSPS) is 38.5. The third-order valence-corrected chi connectivity index (χ3v) is 3.90. The fourth-order valence-electron chi connectivity index (χ4n) is 2.23. The van der Waals surface area contributed by atoms with Crippen molar-refractivity contribution in [2.75, 3.05) is 12.9 Å². The number of rotatable bonds is 4. The predicted molar refractivity (Wildman–Crippen MR) is 66.3 cm³/mol. The van der Waals surface area contributed by atoms with Crippen LogP contribution in [0.15, 0.2) is 0 Å². The van der Waals surface area contributed by atoms with Crippen molar-refractivity contribution in [3.8, 4) is 0 Å². The van der Waals surface area contributed by atoms with E-state index in [1.54, 1.807) is 0 Å². The van der Waals surface area contributed by atoms with Crippen LogP contribution in [-0.2, 0) is 24.4 Å². The van der Waals surface area contributed by atoms with Crippen LogP contribution in [0.25, 0.3) is 0 Å². The molecule has 1 rings (SSSR count). The summed E-state index contributed by atoms with van der Waals surface area (Å²) >= 11 is 0. The van der Waals surface area contributed by atoms with Crippen LogP contribution < -0.4 is 5.32 Å². The van der Waals surface area contributed by atoms with E-state index in [2.05, 4.69) is 5.32 Å². The van der Waals surface area contributed by atoms with Crippen molar-refractivity contribution in [2.45, 2.75) is 44.0 Å². The summed E-state index contributed by atoms with van der Waals surface area (Å²) < 4.78 is 41.1. The van der Waals surface area contributed by atoms with Gasteiger partial charge >= 0.3 is 0 Å². The molecule has 20 heavy (non-hydrogen) atoms. The van der Waals surface area contributed by atoms with Gasteiger partial charge in [-0.15, -0.1) is 0 Å². The number of carbonyl (C=O) groups excluding carboxylic acids is 1. The summed E-state index contributed by atoms with van der Waals surface area (Å²) in [5.41, 5.74) is 0. The molecule has 0 aromatic rings. The Hall–Kier alpha value is -0.780. The number of methoxy groups -OCH3 is 1. The maximum atomic E-state index is 11.0. The molecule has 0 spiro atoms. The molecule has 1 heterocycles. The largest absolute Gasteiger partial charge is 0.388 e. The molecule has 0 aliphatic carbocycles. The van der Waals surface area contributed by atoms with Crippen molar-refractivity contribution in [3.05, 3.63) is 0 Å². The van der Waals surface area contributed by atoms with E-state index in [4.69, 9.17) is 14.0 Å². The van der Waals surface area contributed by atoms with Gasteiger partial charge in [0.05, 0.1) is 12.1 Å². The Morgan fingerprint density at radius 2 is 2.00 bits per heavy atom. The van der Waals surface area contributed by atoms with Crippen molar-refractivity contribution in [3.63, 3.8) is 0 Å². The molecule has 0 unspecified atom stereocenters. The van der Waals surface area contributed by atoms with Gasteiger partial charge in [-0.25, -0.2) is 0 Å². The minimum atomic E-state index is -4.52. The molecule has 1 saturated heterocycles. The summed E-state index contributed by atoms with van der Waals surface area (Å²) in [6.45, 7) is 2.69. The lowest BCUT2D eigenvalue weighted by Gasteiger charge is -2.48. The summed E-state index contributed by atoms with van der Waals surface area (Å²) in [4.78, 5) is 11.0. The molecule has 0 aromatic heterocycles. The molecular weight excluding hydrogens is 294 g/mol. The number of carbonyl (C=O) groups is 1. The lowest BCUT2D eigenvalue weighted by atomic mass is 9.91. The van der Waals surface area contributed by atoms with Gasteiger partial charge in [0.2, 0.25) is 11.7 Å². The third kappa shape index (κ3) is 3.65. The highest BCUT2D eigenvalue weighted by Gasteiger charge is 2.55. The minimum absolute atomic E-state index is 0.448. The molecule has 0 radical (unpaired) electrons. The molecule has 1 aliphatic rings. The smallest absolute Gasteiger partial charge is 0.270 e. The Morgan fingerprint density at radius 1 is 1.45 bits per heavy atom. The molecule has 5 atom stereocenters. The number of hydrogen-bond donors (Lipinski definition) is 4. The monoisotopic (exact) mass is 313 g/mol. The van der Waals surface area contributed by atoms with Gasteiger partial charge in [-0.3, -0.25) is 9.35 Å². The fraction of sp³-hybridized carbons (Fsp3) is 0.900. The molecular formula is C10H19NO8S. The highest BCUT2D eigenvalue weighted by molar-refractivity contribution is 7.85. The number of ether oxygens (including phenoxy) is 2. The second kappa shape index (κ2) is 5.92. The quantitative estimate of drug-likeness (QED) is 0.431. The number of nitrogens with one attached hydrogen (secondary N) is 1. The van der Waals surface area contributed by atoms with Gasteiger partial charge < -0.3 is 25.0 Å². The first kappa shape index (κ1) is 17.3. The van der Waals surface area contributed by atoms with E-state index in [0.29, 0.717) is 0 Å². The van der Waals surface area contributed by atoms with E-state index in [-0.39, 0.29) is 0 Å². The zero-order valence-electron chi connectivity index (χ0n) is 11.3. The first-order valence-corrected chi connectivity index (χ1v) is 7.44. The van der Waals surface area contributed by atoms with Gasteiger partial charge in [-0.05, 0) is 6.92 Å². The standard InChI is InChI=1S/C10H19NO8S/c1-5-7(11-6(2)12)8(13)9(14)10(18-3,19-5)4-20(15,16)17/h5,7-9,13-14H,4H2,1-3H3,(H,11,12)(H,15,16,17)/t5-,7-,8+,9-,10+/m0/s1. The topological polar surface area (TPSA) is 142 Å². The maximum absolute atomic E-state index is 11.0. The van der Waals surface area contributed by atoms with Crippen LogP contribution in [0, 0.1) is 0 Å². The van der Waals surface area contributed by atoms with Crippen LogP contribution in [0.1, 0.15) is 13.8 Å². The Labute approximate surface area is 116 Å². The van der Waals surface area contributed by atoms with Crippen molar-refractivity contribution in [1.29, 1.82) is 0 Å². The molecule has 1 fully saturated rings. The molecule has 0 bridgehead atoms. The van der Waals surface area contributed by atoms with E-state index in [0.717, 1.165) is 7.11 Å². The molecule has 4 N–H and O–H groups in total. The molecule has 0 aromatic carbocycles. The third-order valence-electron chi connectivity index (χ3n) is 3.13. The molecule has 0 saturated carbocycles. The second-order valence-corrected chi connectivity index (χ2v) is 6.18. The molecule has 9 nitrogen and oxygen atoms in total. The van der Waals surface area contributed by atoms with Gasteiger partial charge in [0.1, 0.15) is 18.0 Å². The van der Waals surface area contributed by atoms with Gasteiger partial charge in [0, 0.05) is 14.0 Å². The van der Waals surface area contributed by atoms with E-state index in [9.17, 15) is 23.4 Å². The summed E-state index contributed by atoms with van der Waals surface area (Å²) in [5.74, 6) is -3.61. The predicted octanol–water partition coefficient (Wildman–Crippen LogP) is -2.14. The molecule has 1 aliphatic heterocycles. The van der Waals surface area contributed by atoms with Crippen molar-refractivity contribution in [1.82, 2.24) is 5.32 Å². The Bertz CT molecular complexity index is 466. The second-order valence-electron chi connectivity index (χ2n) is 4.73. The Balaban J connectivity index is 3.06. The van der Waals surface area contributed by atoms with Crippen LogP contribution in [0.3, 0.4) is 0 Å². The summed E-state index contributed by atoms with van der Waals surface area (Å²) in [6.07, 6.45) is -4.15. The van der Waals surface area contributed by atoms with E-state index in [1.165, 1.54) is 13.8 Å². The van der Waals surface area contributed by atoms with E-state index in [1.807, 2.05) is 0 Å². The summed E-state index contributed by atoms with van der Waals surface area (Å²) in [7, 11) is -3.45. The lowest BCUT2D eigenvalue weighted by Crippen LogP contribution is -2.70. The van der Waals surface area contributed by atoms with Crippen LogP contribution in [0.5, 0.6) is 0 Å². The number of hydrogen-bond acceptors (Lipinski definition) is 7. The van der Waals surface area contributed by atoms with Crippen molar-refractivity contribution >= 4 is 16.0 Å².